The summed E-state index contributed by atoms with van der Waals surface area (Å²) in [4.78, 5) is 19.9. The third-order valence-corrected chi connectivity index (χ3v) is 4.10. The monoisotopic (exact) mass is 362 g/mol. The molecule has 0 saturated heterocycles. The Kier molecular flexibility index (Phi) is 4.52. The molecule has 4 rings (SSSR count). The minimum Gasteiger partial charge on any atom is -0.484 e. The van der Waals surface area contributed by atoms with Crippen molar-refractivity contribution in [1.82, 2.24) is 30.0 Å². The van der Waals surface area contributed by atoms with Crippen LogP contribution in [0.4, 0.5) is 0 Å². The number of hydrogen-bond donors (Lipinski definition) is 2. The molecule has 4 aromatic rings. The first-order chi connectivity index (χ1) is 13.2. The van der Waals surface area contributed by atoms with Crippen LogP contribution in [0.1, 0.15) is 18.8 Å². The van der Waals surface area contributed by atoms with Crippen molar-refractivity contribution in [3.05, 3.63) is 67.0 Å². The number of rotatable bonds is 6. The summed E-state index contributed by atoms with van der Waals surface area (Å²) in [5.41, 5.74) is 2.67. The molecule has 0 radical (unpaired) electrons. The molecule has 27 heavy (non-hydrogen) atoms. The van der Waals surface area contributed by atoms with Crippen LogP contribution in [0, 0.1) is 0 Å². The Hall–Kier alpha value is -3.68. The third kappa shape index (κ3) is 3.79. The van der Waals surface area contributed by atoms with Crippen LogP contribution in [0.3, 0.4) is 0 Å². The van der Waals surface area contributed by atoms with Crippen LogP contribution in [0.2, 0.25) is 0 Å². The SMILES string of the molecule is C[C@H](NC(=O)COc1cccc(-n2cnnc2)c1)c1nc2ccccc2[nH]1. The van der Waals surface area contributed by atoms with Crippen LogP contribution in [0.25, 0.3) is 16.7 Å². The number of carbonyl (C=O) groups is 1. The molecule has 0 aliphatic rings. The molecule has 2 N–H and O–H groups in total. The second kappa shape index (κ2) is 7.28. The van der Waals surface area contributed by atoms with E-state index < -0.39 is 0 Å². The van der Waals surface area contributed by atoms with Gasteiger partial charge in [-0.2, -0.15) is 0 Å². The van der Waals surface area contributed by atoms with Crippen molar-refractivity contribution < 1.29 is 9.53 Å². The first kappa shape index (κ1) is 16.8. The summed E-state index contributed by atoms with van der Waals surface area (Å²) in [6.45, 7) is 1.79. The molecule has 2 heterocycles. The maximum atomic E-state index is 12.2. The number of hydrogen-bond acceptors (Lipinski definition) is 5. The molecule has 136 valence electrons. The molecule has 0 aliphatic heterocycles. The van der Waals surface area contributed by atoms with Gasteiger partial charge in [-0.3, -0.25) is 9.36 Å². The van der Waals surface area contributed by atoms with Gasteiger partial charge in [0.2, 0.25) is 0 Å². The molecule has 8 nitrogen and oxygen atoms in total. The molecule has 0 unspecified atom stereocenters. The number of amides is 1. The van der Waals surface area contributed by atoms with Crippen LogP contribution in [0.5, 0.6) is 5.75 Å². The number of para-hydroxylation sites is 2. The van der Waals surface area contributed by atoms with Gasteiger partial charge in [0.15, 0.2) is 6.61 Å². The lowest BCUT2D eigenvalue weighted by Crippen LogP contribution is -2.31. The van der Waals surface area contributed by atoms with Gasteiger partial charge in [-0.1, -0.05) is 18.2 Å². The van der Waals surface area contributed by atoms with E-state index in [2.05, 4.69) is 25.5 Å². The Labute approximate surface area is 155 Å². The van der Waals surface area contributed by atoms with Gasteiger partial charge in [-0.15, -0.1) is 10.2 Å². The van der Waals surface area contributed by atoms with E-state index in [1.165, 1.54) is 0 Å². The lowest BCUT2D eigenvalue weighted by molar-refractivity contribution is -0.123. The van der Waals surface area contributed by atoms with Crippen molar-refractivity contribution in [2.24, 2.45) is 0 Å². The molecule has 8 heteroatoms. The number of nitrogens with zero attached hydrogens (tertiary/aromatic N) is 4. The zero-order chi connectivity index (χ0) is 18.6. The minimum atomic E-state index is -0.253. The van der Waals surface area contributed by atoms with E-state index in [1.807, 2.05) is 49.4 Å². The molecule has 2 aromatic carbocycles. The predicted molar refractivity (Wildman–Crippen MR) is 99.5 cm³/mol. The van der Waals surface area contributed by atoms with Crippen molar-refractivity contribution in [3.63, 3.8) is 0 Å². The Morgan fingerprint density at radius 2 is 2.00 bits per heavy atom. The average Bonchev–Trinajstić information content (AvgIpc) is 3.36. The molecule has 0 aliphatic carbocycles. The highest BCUT2D eigenvalue weighted by Crippen LogP contribution is 2.17. The molecular weight excluding hydrogens is 344 g/mol. The van der Waals surface area contributed by atoms with Gasteiger partial charge in [0.1, 0.15) is 24.2 Å². The van der Waals surface area contributed by atoms with E-state index in [4.69, 9.17) is 4.74 Å². The summed E-state index contributed by atoms with van der Waals surface area (Å²) in [5, 5.41) is 10.4. The highest BCUT2D eigenvalue weighted by molar-refractivity contribution is 5.78. The second-order valence-corrected chi connectivity index (χ2v) is 6.08. The van der Waals surface area contributed by atoms with Crippen LogP contribution in [0.15, 0.2) is 61.2 Å². The van der Waals surface area contributed by atoms with Gasteiger partial charge in [-0.05, 0) is 31.2 Å². The lowest BCUT2D eigenvalue weighted by atomic mass is 10.3. The van der Waals surface area contributed by atoms with Gasteiger partial charge in [0.25, 0.3) is 5.91 Å². The van der Waals surface area contributed by atoms with E-state index in [0.29, 0.717) is 11.6 Å². The van der Waals surface area contributed by atoms with Crippen LogP contribution >= 0.6 is 0 Å². The molecule has 0 fully saturated rings. The largest absolute Gasteiger partial charge is 0.484 e. The van der Waals surface area contributed by atoms with E-state index in [1.54, 1.807) is 23.3 Å². The van der Waals surface area contributed by atoms with Gasteiger partial charge < -0.3 is 15.0 Å². The quantitative estimate of drug-likeness (QED) is 0.549. The molecule has 1 amide bonds. The number of ether oxygens (including phenoxy) is 1. The van der Waals surface area contributed by atoms with Crippen molar-refractivity contribution in [1.29, 1.82) is 0 Å². The van der Waals surface area contributed by atoms with Crippen LogP contribution in [-0.4, -0.2) is 37.2 Å². The lowest BCUT2D eigenvalue weighted by Gasteiger charge is -2.12. The van der Waals surface area contributed by atoms with Crippen molar-refractivity contribution in [2.45, 2.75) is 13.0 Å². The first-order valence-corrected chi connectivity index (χ1v) is 8.51. The van der Waals surface area contributed by atoms with Crippen molar-refractivity contribution >= 4 is 16.9 Å². The third-order valence-electron chi connectivity index (χ3n) is 4.10. The fraction of sp³-hybridized carbons (Fsp3) is 0.158. The fourth-order valence-corrected chi connectivity index (χ4v) is 2.75. The predicted octanol–water partition coefficient (Wildman–Crippen LogP) is 2.40. The molecule has 0 saturated carbocycles. The Balaban J connectivity index is 1.36. The molecule has 0 bridgehead atoms. The maximum Gasteiger partial charge on any atom is 0.258 e. The summed E-state index contributed by atoms with van der Waals surface area (Å²) in [7, 11) is 0. The second-order valence-electron chi connectivity index (χ2n) is 6.08. The van der Waals surface area contributed by atoms with E-state index in [9.17, 15) is 4.79 Å². The summed E-state index contributed by atoms with van der Waals surface area (Å²) >= 11 is 0. The van der Waals surface area contributed by atoms with Gasteiger partial charge in [-0.25, -0.2) is 4.98 Å². The Bertz CT molecular complexity index is 1020. The molecular formula is C19H18N6O2. The highest BCUT2D eigenvalue weighted by Gasteiger charge is 2.14. The number of imidazole rings is 1. The number of fused-ring (bicyclic) bond motifs is 1. The summed E-state index contributed by atoms with van der Waals surface area (Å²) in [6, 6.07) is 14.9. The number of nitrogens with one attached hydrogen (secondary N) is 2. The summed E-state index contributed by atoms with van der Waals surface area (Å²) < 4.78 is 7.37. The normalized spacial score (nSPS) is 12.0. The number of H-pyrrole nitrogens is 1. The zero-order valence-electron chi connectivity index (χ0n) is 14.7. The summed E-state index contributed by atoms with van der Waals surface area (Å²) in [5.74, 6) is 1.07. The topological polar surface area (TPSA) is 97.7 Å². The Morgan fingerprint density at radius 1 is 1.19 bits per heavy atom. The summed E-state index contributed by atoms with van der Waals surface area (Å²) in [6.07, 6.45) is 3.20. The Morgan fingerprint density at radius 3 is 2.81 bits per heavy atom. The van der Waals surface area contributed by atoms with Gasteiger partial charge in [0.05, 0.1) is 22.8 Å². The number of carbonyl (C=O) groups excluding carboxylic acids is 1. The zero-order valence-corrected chi connectivity index (χ0v) is 14.7. The standard InChI is InChI=1S/C19H18N6O2/c1-13(19-23-16-7-2-3-8-17(16)24-19)22-18(26)10-27-15-6-4-5-14(9-15)25-11-20-21-12-25/h2-9,11-13H,10H2,1H3,(H,22,26)(H,23,24)/t13-/m0/s1. The van der Waals surface area contributed by atoms with Gasteiger partial charge >= 0.3 is 0 Å². The van der Waals surface area contributed by atoms with E-state index in [0.717, 1.165) is 16.7 Å². The molecule has 0 spiro atoms. The number of benzene rings is 2. The first-order valence-electron chi connectivity index (χ1n) is 8.51. The van der Waals surface area contributed by atoms with E-state index >= 15 is 0 Å². The van der Waals surface area contributed by atoms with Crippen LogP contribution < -0.4 is 10.1 Å². The maximum absolute atomic E-state index is 12.2. The van der Waals surface area contributed by atoms with E-state index in [-0.39, 0.29) is 18.6 Å². The fourth-order valence-electron chi connectivity index (χ4n) is 2.75. The van der Waals surface area contributed by atoms with Gasteiger partial charge in [0, 0.05) is 6.07 Å². The van der Waals surface area contributed by atoms with Crippen LogP contribution in [-0.2, 0) is 4.79 Å². The highest BCUT2D eigenvalue weighted by atomic mass is 16.5. The molecule has 1 atom stereocenters. The molecule has 2 aromatic heterocycles. The van der Waals surface area contributed by atoms with Crippen molar-refractivity contribution in [3.8, 4) is 11.4 Å². The number of aromatic nitrogens is 5. The minimum absolute atomic E-state index is 0.0871. The number of aromatic amines is 1. The smallest absolute Gasteiger partial charge is 0.258 e. The van der Waals surface area contributed by atoms with Crippen molar-refractivity contribution in [2.75, 3.05) is 6.61 Å². The average molecular weight is 362 g/mol.